The first-order chi connectivity index (χ1) is 7.74. The van der Waals surface area contributed by atoms with Crippen LogP contribution in [0.3, 0.4) is 0 Å². The number of hydrogen-bond acceptors (Lipinski definition) is 3. The van der Waals surface area contributed by atoms with Crippen molar-refractivity contribution in [2.75, 3.05) is 11.9 Å². The van der Waals surface area contributed by atoms with E-state index in [9.17, 15) is 5.11 Å². The Hall–Kier alpha value is -2.03. The summed E-state index contributed by atoms with van der Waals surface area (Å²) in [5.41, 5.74) is 2.76. The number of aryl methyl sites for hydroxylation is 1. The molecule has 0 unspecified atom stereocenters. The molecule has 0 fully saturated rings. The quantitative estimate of drug-likeness (QED) is 0.772. The number of aromatic nitrogens is 1. The Morgan fingerprint density at radius 3 is 3.00 bits per heavy atom. The highest BCUT2D eigenvalue weighted by atomic mass is 16.3. The molecule has 0 aliphatic rings. The average molecular weight is 214 g/mol. The molecule has 1 heterocycles. The molecule has 2 N–H and O–H groups in total. The molecule has 16 heavy (non-hydrogen) atoms. The van der Waals surface area contributed by atoms with Gasteiger partial charge in [-0.25, -0.2) is 0 Å². The smallest absolute Gasteiger partial charge is 0.127 e. The largest absolute Gasteiger partial charge is 0.507 e. The van der Waals surface area contributed by atoms with E-state index in [1.54, 1.807) is 18.3 Å². The Bertz CT molecular complexity index is 535. The third-order valence-corrected chi connectivity index (χ3v) is 2.51. The van der Waals surface area contributed by atoms with Gasteiger partial charge in [-0.1, -0.05) is 12.1 Å². The number of nitrogens with zero attached hydrogens (tertiary/aromatic N) is 1. The second kappa shape index (κ2) is 4.23. The van der Waals surface area contributed by atoms with Crippen molar-refractivity contribution >= 4 is 16.6 Å². The Balaban J connectivity index is 2.65. The molecule has 0 saturated carbocycles. The van der Waals surface area contributed by atoms with Gasteiger partial charge in [-0.2, -0.15) is 0 Å². The van der Waals surface area contributed by atoms with Crippen molar-refractivity contribution in [2.45, 2.75) is 6.92 Å². The molecule has 3 heteroatoms. The van der Waals surface area contributed by atoms with Gasteiger partial charge < -0.3 is 10.4 Å². The number of nitrogens with one attached hydrogen (secondary N) is 1. The normalized spacial score (nSPS) is 10.3. The molecule has 0 bridgehead atoms. The monoisotopic (exact) mass is 214 g/mol. The van der Waals surface area contributed by atoms with Crippen molar-refractivity contribution in [3.63, 3.8) is 0 Å². The summed E-state index contributed by atoms with van der Waals surface area (Å²) in [6.45, 7) is 6.29. The van der Waals surface area contributed by atoms with Gasteiger partial charge in [-0.05, 0) is 24.6 Å². The summed E-state index contributed by atoms with van der Waals surface area (Å²) in [6.07, 6.45) is 3.51. The van der Waals surface area contributed by atoms with Gasteiger partial charge in [0, 0.05) is 18.4 Å². The average Bonchev–Trinajstić information content (AvgIpc) is 2.31. The summed E-state index contributed by atoms with van der Waals surface area (Å²) in [6, 6.07) is 5.41. The number of benzene rings is 1. The highest BCUT2D eigenvalue weighted by molar-refractivity contribution is 5.97. The number of rotatable bonds is 3. The molecule has 82 valence electrons. The maximum absolute atomic E-state index is 9.87. The molecular weight excluding hydrogens is 200 g/mol. The van der Waals surface area contributed by atoms with Crippen LogP contribution in [-0.2, 0) is 0 Å². The summed E-state index contributed by atoms with van der Waals surface area (Å²) in [5.74, 6) is 0.250. The Morgan fingerprint density at radius 2 is 2.25 bits per heavy atom. The highest BCUT2D eigenvalue weighted by Crippen LogP contribution is 2.31. The van der Waals surface area contributed by atoms with Crippen molar-refractivity contribution in [1.29, 1.82) is 0 Å². The summed E-state index contributed by atoms with van der Waals surface area (Å²) >= 11 is 0. The first-order valence-corrected chi connectivity index (χ1v) is 5.16. The lowest BCUT2D eigenvalue weighted by Crippen LogP contribution is -1.99. The van der Waals surface area contributed by atoms with Crippen molar-refractivity contribution in [3.8, 4) is 5.75 Å². The van der Waals surface area contributed by atoms with Crippen LogP contribution in [0.1, 0.15) is 5.56 Å². The number of aromatic hydroxyl groups is 1. The van der Waals surface area contributed by atoms with Crippen LogP contribution in [0.25, 0.3) is 10.9 Å². The first-order valence-electron chi connectivity index (χ1n) is 5.16. The minimum Gasteiger partial charge on any atom is -0.507 e. The van der Waals surface area contributed by atoms with Crippen LogP contribution in [0, 0.1) is 6.92 Å². The predicted octanol–water partition coefficient (Wildman–Crippen LogP) is 2.85. The van der Waals surface area contributed by atoms with Crippen molar-refractivity contribution in [3.05, 3.63) is 42.6 Å². The third-order valence-electron chi connectivity index (χ3n) is 2.51. The number of phenols is 1. The molecule has 0 atom stereocenters. The molecule has 0 amide bonds. The second-order valence-electron chi connectivity index (χ2n) is 3.65. The molecule has 2 rings (SSSR count). The van der Waals surface area contributed by atoms with Crippen molar-refractivity contribution in [2.24, 2.45) is 0 Å². The SMILES string of the molecule is C=CCNc1ccnc2c(C)ccc(O)c12. The topological polar surface area (TPSA) is 45.2 Å². The van der Waals surface area contributed by atoms with E-state index in [-0.39, 0.29) is 5.75 Å². The highest BCUT2D eigenvalue weighted by Gasteiger charge is 2.07. The van der Waals surface area contributed by atoms with Crippen LogP contribution >= 0.6 is 0 Å². The van der Waals surface area contributed by atoms with Gasteiger partial charge in [-0.3, -0.25) is 4.98 Å². The van der Waals surface area contributed by atoms with E-state index in [1.165, 1.54) is 0 Å². The molecule has 1 aromatic heterocycles. The van der Waals surface area contributed by atoms with Gasteiger partial charge in [0.15, 0.2) is 0 Å². The summed E-state index contributed by atoms with van der Waals surface area (Å²) in [5, 5.41) is 13.8. The number of fused-ring (bicyclic) bond motifs is 1. The molecule has 0 spiro atoms. The van der Waals surface area contributed by atoms with E-state index < -0.39 is 0 Å². The van der Waals surface area contributed by atoms with E-state index >= 15 is 0 Å². The van der Waals surface area contributed by atoms with E-state index in [2.05, 4.69) is 16.9 Å². The van der Waals surface area contributed by atoms with Gasteiger partial charge >= 0.3 is 0 Å². The fraction of sp³-hybridized carbons (Fsp3) is 0.154. The number of phenolic OH excluding ortho intramolecular Hbond substituents is 1. The van der Waals surface area contributed by atoms with Gasteiger partial charge in [0.05, 0.1) is 10.9 Å². The molecule has 0 aliphatic carbocycles. The van der Waals surface area contributed by atoms with Crippen LogP contribution in [0.5, 0.6) is 5.75 Å². The standard InChI is InChI=1S/C13H14N2O/c1-3-7-14-10-6-8-15-13-9(2)4-5-11(16)12(10)13/h3-6,8,16H,1,7H2,2H3,(H,14,15). The lowest BCUT2D eigenvalue weighted by atomic mass is 10.1. The maximum Gasteiger partial charge on any atom is 0.127 e. The molecule has 1 aromatic carbocycles. The molecule has 0 aliphatic heterocycles. The zero-order valence-corrected chi connectivity index (χ0v) is 9.20. The fourth-order valence-electron chi connectivity index (χ4n) is 1.72. The molecule has 0 saturated heterocycles. The summed E-state index contributed by atoms with van der Waals surface area (Å²) < 4.78 is 0. The van der Waals surface area contributed by atoms with Gasteiger partial charge in [0.1, 0.15) is 5.75 Å². The number of anilines is 1. The molecular formula is C13H14N2O. The Morgan fingerprint density at radius 1 is 1.44 bits per heavy atom. The lowest BCUT2D eigenvalue weighted by Gasteiger charge is -2.10. The van der Waals surface area contributed by atoms with E-state index in [0.717, 1.165) is 22.2 Å². The number of hydrogen-bond donors (Lipinski definition) is 2. The van der Waals surface area contributed by atoms with E-state index in [4.69, 9.17) is 0 Å². The van der Waals surface area contributed by atoms with Crippen LogP contribution in [0.15, 0.2) is 37.1 Å². The van der Waals surface area contributed by atoms with Gasteiger partial charge in [-0.15, -0.1) is 6.58 Å². The maximum atomic E-state index is 9.87. The van der Waals surface area contributed by atoms with E-state index in [1.807, 2.05) is 19.1 Å². The van der Waals surface area contributed by atoms with Crippen LogP contribution in [0.4, 0.5) is 5.69 Å². The number of pyridine rings is 1. The van der Waals surface area contributed by atoms with Crippen molar-refractivity contribution in [1.82, 2.24) is 4.98 Å². The molecule has 2 aromatic rings. The van der Waals surface area contributed by atoms with Crippen LogP contribution < -0.4 is 5.32 Å². The summed E-state index contributed by atoms with van der Waals surface area (Å²) in [7, 11) is 0. The zero-order valence-electron chi connectivity index (χ0n) is 9.20. The van der Waals surface area contributed by atoms with E-state index in [0.29, 0.717) is 6.54 Å². The second-order valence-corrected chi connectivity index (χ2v) is 3.65. The van der Waals surface area contributed by atoms with Crippen LogP contribution in [-0.4, -0.2) is 16.6 Å². The van der Waals surface area contributed by atoms with Crippen molar-refractivity contribution < 1.29 is 5.11 Å². The predicted molar refractivity (Wildman–Crippen MR) is 66.8 cm³/mol. The first kappa shape index (κ1) is 10.5. The fourth-order valence-corrected chi connectivity index (χ4v) is 1.72. The Labute approximate surface area is 94.4 Å². The minimum atomic E-state index is 0.250. The Kier molecular flexibility index (Phi) is 2.77. The van der Waals surface area contributed by atoms with Gasteiger partial charge in [0.2, 0.25) is 0 Å². The lowest BCUT2D eigenvalue weighted by molar-refractivity contribution is 0.481. The zero-order chi connectivity index (χ0) is 11.5. The molecule has 3 nitrogen and oxygen atoms in total. The minimum absolute atomic E-state index is 0.250. The summed E-state index contributed by atoms with van der Waals surface area (Å²) in [4.78, 5) is 4.28. The van der Waals surface area contributed by atoms with Gasteiger partial charge in [0.25, 0.3) is 0 Å². The molecule has 0 radical (unpaired) electrons. The van der Waals surface area contributed by atoms with Crippen LogP contribution in [0.2, 0.25) is 0 Å². The third kappa shape index (κ3) is 1.72.